The average molecular weight is 417 g/mol. The smallest absolute Gasteiger partial charge is 0.249 e. The van der Waals surface area contributed by atoms with E-state index in [1.165, 1.54) is 6.92 Å². The predicted octanol–water partition coefficient (Wildman–Crippen LogP) is 3.65. The molecule has 1 unspecified atom stereocenters. The minimum Gasteiger partial charge on any atom is -0.326 e. The third kappa shape index (κ3) is 4.18. The number of rotatable bonds is 4. The number of hydrogen-bond donors (Lipinski definition) is 3. The summed E-state index contributed by atoms with van der Waals surface area (Å²) in [7, 11) is 0. The number of nitrogens with zero attached hydrogens (tertiary/aromatic N) is 2. The molecule has 3 N–H and O–H groups in total. The van der Waals surface area contributed by atoms with Gasteiger partial charge in [-0.25, -0.2) is 4.68 Å². The number of hydrogen-bond acceptors (Lipinski definition) is 4. The first kappa shape index (κ1) is 20.3. The van der Waals surface area contributed by atoms with Crippen LogP contribution < -0.4 is 16.0 Å². The highest BCUT2D eigenvalue weighted by Crippen LogP contribution is 2.34. The Kier molecular flexibility index (Phi) is 5.29. The molecule has 31 heavy (non-hydrogen) atoms. The van der Waals surface area contributed by atoms with Crippen LogP contribution in [0, 0.1) is 13.8 Å². The zero-order valence-electron chi connectivity index (χ0n) is 17.5. The number of anilines is 3. The van der Waals surface area contributed by atoms with Gasteiger partial charge in [0.15, 0.2) is 0 Å². The second-order valence-electron chi connectivity index (χ2n) is 7.65. The van der Waals surface area contributed by atoms with E-state index in [2.05, 4.69) is 21.0 Å². The molecule has 2 heterocycles. The SMILES string of the molecule is CC(=O)Nc1ccc(NC(=O)C2CC(=O)Nc3c(C)c(-c4ccc(C)cc4)nn32)cc1. The summed E-state index contributed by atoms with van der Waals surface area (Å²) in [5.74, 6) is -0.197. The summed E-state index contributed by atoms with van der Waals surface area (Å²) < 4.78 is 1.59. The molecule has 0 spiro atoms. The van der Waals surface area contributed by atoms with Crippen LogP contribution in [0.2, 0.25) is 0 Å². The highest BCUT2D eigenvalue weighted by atomic mass is 16.2. The largest absolute Gasteiger partial charge is 0.326 e. The number of carbonyl (C=O) groups is 3. The second kappa shape index (κ2) is 8.06. The number of fused-ring (bicyclic) bond motifs is 1. The number of nitrogens with one attached hydrogen (secondary N) is 3. The van der Waals surface area contributed by atoms with Crippen molar-refractivity contribution in [3.05, 3.63) is 59.7 Å². The van der Waals surface area contributed by atoms with Gasteiger partial charge in [-0.2, -0.15) is 5.10 Å². The van der Waals surface area contributed by atoms with Crippen molar-refractivity contribution >= 4 is 34.9 Å². The minimum atomic E-state index is -0.767. The number of aryl methyl sites for hydroxylation is 1. The lowest BCUT2D eigenvalue weighted by Gasteiger charge is -2.24. The highest BCUT2D eigenvalue weighted by molar-refractivity contribution is 6.02. The second-order valence-corrected chi connectivity index (χ2v) is 7.65. The topological polar surface area (TPSA) is 105 Å². The summed E-state index contributed by atoms with van der Waals surface area (Å²) in [4.78, 5) is 36.5. The zero-order chi connectivity index (χ0) is 22.1. The van der Waals surface area contributed by atoms with Crippen LogP contribution in [0.25, 0.3) is 11.3 Å². The maximum atomic E-state index is 13.0. The molecule has 0 radical (unpaired) electrons. The molecule has 8 heteroatoms. The van der Waals surface area contributed by atoms with Crippen molar-refractivity contribution in [3.63, 3.8) is 0 Å². The van der Waals surface area contributed by atoms with Crippen LogP contribution in [0.5, 0.6) is 0 Å². The van der Waals surface area contributed by atoms with E-state index < -0.39 is 6.04 Å². The molecule has 158 valence electrons. The predicted molar refractivity (Wildman–Crippen MR) is 119 cm³/mol. The summed E-state index contributed by atoms with van der Waals surface area (Å²) in [6.07, 6.45) is -0.00271. The average Bonchev–Trinajstić information content (AvgIpc) is 3.05. The van der Waals surface area contributed by atoms with Gasteiger partial charge < -0.3 is 16.0 Å². The molecule has 8 nitrogen and oxygen atoms in total. The Balaban J connectivity index is 1.60. The first-order valence-corrected chi connectivity index (χ1v) is 9.96. The minimum absolute atomic E-state index is 0.00271. The Morgan fingerprint density at radius 1 is 1.00 bits per heavy atom. The lowest BCUT2D eigenvalue weighted by Crippen LogP contribution is -2.35. The van der Waals surface area contributed by atoms with Crippen LogP contribution in [0.15, 0.2) is 48.5 Å². The van der Waals surface area contributed by atoms with E-state index in [9.17, 15) is 14.4 Å². The third-order valence-corrected chi connectivity index (χ3v) is 5.18. The molecule has 0 saturated carbocycles. The normalized spacial score (nSPS) is 15.1. The van der Waals surface area contributed by atoms with E-state index in [1.54, 1.807) is 28.9 Å². The van der Waals surface area contributed by atoms with Crippen molar-refractivity contribution in [1.82, 2.24) is 9.78 Å². The fourth-order valence-electron chi connectivity index (χ4n) is 3.59. The van der Waals surface area contributed by atoms with Gasteiger partial charge in [0.25, 0.3) is 0 Å². The Morgan fingerprint density at radius 2 is 1.61 bits per heavy atom. The Labute approximate surface area is 179 Å². The highest BCUT2D eigenvalue weighted by Gasteiger charge is 2.34. The van der Waals surface area contributed by atoms with Crippen molar-refractivity contribution in [1.29, 1.82) is 0 Å². The molecule has 4 rings (SSSR count). The van der Waals surface area contributed by atoms with E-state index in [0.29, 0.717) is 17.2 Å². The van der Waals surface area contributed by atoms with Crippen molar-refractivity contribution in [2.24, 2.45) is 0 Å². The van der Waals surface area contributed by atoms with Gasteiger partial charge in [-0.05, 0) is 38.1 Å². The van der Waals surface area contributed by atoms with Crippen molar-refractivity contribution < 1.29 is 14.4 Å². The molecule has 0 aliphatic carbocycles. The van der Waals surface area contributed by atoms with E-state index in [4.69, 9.17) is 0 Å². The van der Waals surface area contributed by atoms with Crippen LogP contribution in [0.1, 0.15) is 30.5 Å². The van der Waals surface area contributed by atoms with Crippen LogP contribution in [0.3, 0.4) is 0 Å². The molecule has 1 aliphatic heterocycles. The molecule has 2 aromatic carbocycles. The standard InChI is InChI=1S/C23H23N5O3/c1-13-4-6-16(7-5-13)21-14(2)22-26-20(30)12-19(28(22)27-21)23(31)25-18-10-8-17(9-11-18)24-15(3)29/h4-11,19H,12H2,1-3H3,(H,24,29)(H,25,31)(H,26,30). The zero-order valence-corrected chi connectivity index (χ0v) is 17.5. The first-order valence-electron chi connectivity index (χ1n) is 9.96. The van der Waals surface area contributed by atoms with Gasteiger partial charge in [-0.15, -0.1) is 0 Å². The van der Waals surface area contributed by atoms with Gasteiger partial charge >= 0.3 is 0 Å². The fourth-order valence-corrected chi connectivity index (χ4v) is 3.59. The summed E-state index contributed by atoms with van der Waals surface area (Å²) in [5.41, 5.74) is 4.81. The maximum absolute atomic E-state index is 13.0. The lowest BCUT2D eigenvalue weighted by molar-refractivity contribution is -0.125. The monoisotopic (exact) mass is 417 g/mol. The molecular formula is C23H23N5O3. The van der Waals surface area contributed by atoms with Gasteiger partial charge in [0, 0.05) is 29.4 Å². The summed E-state index contributed by atoms with van der Waals surface area (Å²) >= 11 is 0. The molecule has 3 aromatic rings. The van der Waals surface area contributed by atoms with E-state index in [-0.39, 0.29) is 24.1 Å². The summed E-state index contributed by atoms with van der Waals surface area (Å²) in [6.45, 7) is 5.33. The number of carbonyl (C=O) groups excluding carboxylic acids is 3. The van der Waals surface area contributed by atoms with E-state index >= 15 is 0 Å². The van der Waals surface area contributed by atoms with Crippen LogP contribution in [-0.2, 0) is 14.4 Å². The van der Waals surface area contributed by atoms with E-state index in [1.807, 2.05) is 38.1 Å². The molecular weight excluding hydrogens is 394 g/mol. The molecule has 1 aliphatic rings. The molecule has 3 amide bonds. The third-order valence-electron chi connectivity index (χ3n) is 5.18. The number of amides is 3. The Morgan fingerprint density at radius 3 is 2.23 bits per heavy atom. The van der Waals surface area contributed by atoms with Crippen molar-refractivity contribution in [2.45, 2.75) is 33.2 Å². The molecule has 0 saturated heterocycles. The van der Waals surface area contributed by atoms with Crippen molar-refractivity contribution in [2.75, 3.05) is 16.0 Å². The summed E-state index contributed by atoms with van der Waals surface area (Å²) in [6, 6.07) is 14.0. The maximum Gasteiger partial charge on any atom is 0.249 e. The van der Waals surface area contributed by atoms with E-state index in [0.717, 1.165) is 22.4 Å². The number of aromatic nitrogens is 2. The van der Waals surface area contributed by atoms with Gasteiger partial charge in [0.05, 0.1) is 12.1 Å². The Bertz CT molecular complexity index is 1160. The summed E-state index contributed by atoms with van der Waals surface area (Å²) in [5, 5.41) is 13.0. The van der Waals surface area contributed by atoms with Crippen LogP contribution in [-0.4, -0.2) is 27.5 Å². The molecule has 1 aromatic heterocycles. The Hall–Kier alpha value is -3.94. The van der Waals surface area contributed by atoms with Crippen LogP contribution in [0.4, 0.5) is 17.2 Å². The number of benzene rings is 2. The van der Waals surface area contributed by atoms with Gasteiger partial charge in [-0.1, -0.05) is 29.8 Å². The van der Waals surface area contributed by atoms with Gasteiger partial charge in [0.2, 0.25) is 17.7 Å². The quantitative estimate of drug-likeness (QED) is 0.603. The lowest BCUT2D eigenvalue weighted by atomic mass is 10.1. The first-order chi connectivity index (χ1) is 14.8. The van der Waals surface area contributed by atoms with Gasteiger partial charge in [-0.3, -0.25) is 14.4 Å². The van der Waals surface area contributed by atoms with Gasteiger partial charge in [0.1, 0.15) is 11.9 Å². The van der Waals surface area contributed by atoms with Crippen LogP contribution >= 0.6 is 0 Å². The fraction of sp³-hybridized carbons (Fsp3) is 0.217. The molecule has 1 atom stereocenters. The molecule has 0 fully saturated rings. The van der Waals surface area contributed by atoms with Crippen molar-refractivity contribution in [3.8, 4) is 11.3 Å². The molecule has 0 bridgehead atoms.